The molecule has 12 heavy (non-hydrogen) atoms. The first-order valence-electron chi connectivity index (χ1n) is 3.21. The Labute approximate surface area is 79.9 Å². The summed E-state index contributed by atoms with van der Waals surface area (Å²) in [7, 11) is 0. The molecule has 1 aromatic rings. The highest BCUT2D eigenvalue weighted by Gasteiger charge is 2.00. The van der Waals surface area contributed by atoms with Gasteiger partial charge in [0.25, 0.3) is 0 Å². The Hall–Kier alpha value is -0.760. The van der Waals surface area contributed by atoms with Crippen molar-refractivity contribution in [2.45, 2.75) is 6.54 Å². The van der Waals surface area contributed by atoms with Crippen LogP contribution in [0.5, 0.6) is 0 Å². The van der Waals surface area contributed by atoms with E-state index in [2.05, 4.69) is 22.4 Å². The average Bonchev–Trinajstić information content (AvgIpc) is 2.03. The zero-order valence-electron chi connectivity index (χ0n) is 6.05. The van der Waals surface area contributed by atoms with Crippen molar-refractivity contribution in [2.24, 2.45) is 4.99 Å². The van der Waals surface area contributed by atoms with E-state index in [0.29, 0.717) is 10.6 Å². The van der Waals surface area contributed by atoms with Gasteiger partial charge in [0.2, 0.25) is 0 Å². The first-order chi connectivity index (χ1) is 5.74. The quantitative estimate of drug-likeness (QED) is 0.529. The fourth-order valence-electron chi connectivity index (χ4n) is 0.767. The maximum Gasteiger partial charge on any atom is 0.129 e. The summed E-state index contributed by atoms with van der Waals surface area (Å²) in [6, 6.07) is 4.43. The zero-order chi connectivity index (χ0) is 8.97. The van der Waals surface area contributed by atoms with Crippen LogP contribution < -0.4 is 0 Å². The molecule has 1 aromatic carbocycles. The number of hydrogen-bond acceptors (Lipinski definition) is 2. The monoisotopic (exact) mass is 201 g/mol. The van der Waals surface area contributed by atoms with Crippen molar-refractivity contribution in [2.75, 3.05) is 0 Å². The maximum atomic E-state index is 13.0. The van der Waals surface area contributed by atoms with Crippen LogP contribution in [0.3, 0.4) is 0 Å². The molecule has 0 atom stereocenters. The molecule has 0 unspecified atom stereocenters. The van der Waals surface area contributed by atoms with Gasteiger partial charge in [-0.05, 0) is 24.4 Å². The molecule has 0 saturated heterocycles. The molecule has 0 aliphatic carbocycles. The number of thiocarbonyl (C=S) groups is 1. The van der Waals surface area contributed by atoms with E-state index in [4.69, 9.17) is 11.6 Å². The van der Waals surface area contributed by atoms with Crippen molar-refractivity contribution in [1.29, 1.82) is 0 Å². The van der Waals surface area contributed by atoms with Gasteiger partial charge < -0.3 is 0 Å². The van der Waals surface area contributed by atoms with Crippen molar-refractivity contribution in [3.05, 3.63) is 34.6 Å². The van der Waals surface area contributed by atoms with Gasteiger partial charge in [-0.15, -0.1) is 0 Å². The van der Waals surface area contributed by atoms with Crippen molar-refractivity contribution in [1.82, 2.24) is 0 Å². The summed E-state index contributed by atoms with van der Waals surface area (Å²) in [6.07, 6.45) is 0. The lowest BCUT2D eigenvalue weighted by Gasteiger charge is -1.97. The van der Waals surface area contributed by atoms with Crippen LogP contribution >= 0.6 is 23.8 Å². The largest absolute Gasteiger partial charge is 0.228 e. The predicted molar refractivity (Wildman–Crippen MR) is 50.1 cm³/mol. The SMILES string of the molecule is Fc1cc(Cl)ccc1CN=C=S. The summed E-state index contributed by atoms with van der Waals surface area (Å²) in [5.41, 5.74) is 0.469. The molecule has 0 saturated carbocycles. The summed E-state index contributed by atoms with van der Waals surface area (Å²) < 4.78 is 13.0. The van der Waals surface area contributed by atoms with E-state index >= 15 is 0 Å². The molecule has 1 nitrogen and oxygen atoms in total. The van der Waals surface area contributed by atoms with Gasteiger partial charge in [0.05, 0.1) is 11.7 Å². The molecule has 0 fully saturated rings. The molecule has 0 amide bonds. The van der Waals surface area contributed by atoms with Gasteiger partial charge in [-0.1, -0.05) is 17.7 Å². The number of nitrogens with zero attached hydrogens (tertiary/aromatic N) is 1. The Kier molecular flexibility index (Phi) is 3.35. The number of isothiocyanates is 1. The first kappa shape index (κ1) is 9.33. The molecule has 0 spiro atoms. The van der Waals surface area contributed by atoms with Gasteiger partial charge in [-0.2, -0.15) is 0 Å². The van der Waals surface area contributed by atoms with Crippen LogP contribution in [0, 0.1) is 5.82 Å². The summed E-state index contributed by atoms with van der Waals surface area (Å²) in [4.78, 5) is 3.61. The van der Waals surface area contributed by atoms with E-state index < -0.39 is 0 Å². The van der Waals surface area contributed by atoms with Gasteiger partial charge >= 0.3 is 0 Å². The highest BCUT2D eigenvalue weighted by atomic mass is 35.5. The fraction of sp³-hybridized carbons (Fsp3) is 0.125. The molecule has 0 aliphatic heterocycles. The Balaban J connectivity index is 2.93. The van der Waals surface area contributed by atoms with Crippen molar-refractivity contribution >= 4 is 29.0 Å². The van der Waals surface area contributed by atoms with Crippen LogP contribution in [0.25, 0.3) is 0 Å². The minimum Gasteiger partial charge on any atom is -0.228 e. The van der Waals surface area contributed by atoms with E-state index in [1.807, 2.05) is 0 Å². The highest BCUT2D eigenvalue weighted by molar-refractivity contribution is 7.78. The maximum absolute atomic E-state index is 13.0. The summed E-state index contributed by atoms with van der Waals surface area (Å²) in [6.45, 7) is 0.215. The number of aliphatic imine (C=N–C) groups is 1. The lowest BCUT2D eigenvalue weighted by Crippen LogP contribution is -1.86. The van der Waals surface area contributed by atoms with Gasteiger partial charge in [0.15, 0.2) is 0 Å². The third-order valence-electron chi connectivity index (χ3n) is 1.33. The van der Waals surface area contributed by atoms with E-state index in [1.165, 1.54) is 6.07 Å². The van der Waals surface area contributed by atoms with Crippen molar-refractivity contribution < 1.29 is 4.39 Å². The Morgan fingerprint density at radius 1 is 1.58 bits per heavy atom. The van der Waals surface area contributed by atoms with Crippen LogP contribution in [0.4, 0.5) is 4.39 Å². The number of hydrogen-bond donors (Lipinski definition) is 0. The van der Waals surface area contributed by atoms with Crippen LogP contribution in [0.2, 0.25) is 5.02 Å². The third kappa shape index (κ3) is 2.38. The van der Waals surface area contributed by atoms with Crippen LogP contribution in [0.1, 0.15) is 5.56 Å². The van der Waals surface area contributed by atoms with Crippen LogP contribution in [-0.2, 0) is 6.54 Å². The molecule has 1 rings (SSSR count). The molecule has 0 N–H and O–H groups in total. The molecule has 0 aromatic heterocycles. The minimum absolute atomic E-state index is 0.215. The Bertz CT molecular complexity index is 334. The topological polar surface area (TPSA) is 12.4 Å². The Morgan fingerprint density at radius 3 is 2.92 bits per heavy atom. The van der Waals surface area contributed by atoms with Crippen LogP contribution in [-0.4, -0.2) is 5.16 Å². The first-order valence-corrected chi connectivity index (χ1v) is 4.00. The summed E-state index contributed by atoms with van der Waals surface area (Å²) in [5, 5.41) is 2.54. The normalized spacial score (nSPS) is 9.17. The molecule has 0 aliphatic rings. The number of rotatable bonds is 2. The third-order valence-corrected chi connectivity index (χ3v) is 1.69. The van der Waals surface area contributed by atoms with Gasteiger partial charge in [0.1, 0.15) is 5.82 Å². The fourth-order valence-corrected chi connectivity index (χ4v) is 0.991. The molecular formula is C8H5ClFNS. The molecule has 0 heterocycles. The minimum atomic E-state index is -0.364. The zero-order valence-corrected chi connectivity index (χ0v) is 7.62. The lowest BCUT2D eigenvalue weighted by atomic mass is 10.2. The highest BCUT2D eigenvalue weighted by Crippen LogP contribution is 2.14. The summed E-state index contributed by atoms with van der Waals surface area (Å²) in [5.74, 6) is -0.364. The van der Waals surface area contributed by atoms with Crippen molar-refractivity contribution in [3.8, 4) is 0 Å². The second-order valence-corrected chi connectivity index (χ2v) is 2.76. The van der Waals surface area contributed by atoms with Crippen molar-refractivity contribution in [3.63, 3.8) is 0 Å². The lowest BCUT2D eigenvalue weighted by molar-refractivity contribution is 0.611. The van der Waals surface area contributed by atoms with E-state index in [0.717, 1.165) is 0 Å². The van der Waals surface area contributed by atoms with E-state index in [1.54, 1.807) is 12.1 Å². The van der Waals surface area contributed by atoms with Gasteiger partial charge in [-0.3, -0.25) is 0 Å². The standard InChI is InChI=1S/C8H5ClFNS/c9-7-2-1-6(4-11-5-12)8(10)3-7/h1-3H,4H2. The van der Waals surface area contributed by atoms with E-state index in [9.17, 15) is 4.39 Å². The average molecular weight is 202 g/mol. The molecule has 4 heteroatoms. The molecule has 62 valence electrons. The summed E-state index contributed by atoms with van der Waals surface area (Å²) >= 11 is 9.90. The Morgan fingerprint density at radius 2 is 2.33 bits per heavy atom. The molecule has 0 radical (unpaired) electrons. The second-order valence-electron chi connectivity index (χ2n) is 2.14. The smallest absolute Gasteiger partial charge is 0.129 e. The number of halogens is 2. The van der Waals surface area contributed by atoms with E-state index in [-0.39, 0.29) is 12.4 Å². The molecular weight excluding hydrogens is 197 g/mol. The second kappa shape index (κ2) is 4.31. The van der Waals surface area contributed by atoms with Gasteiger partial charge in [-0.25, -0.2) is 9.38 Å². The predicted octanol–water partition coefficient (Wildman–Crippen LogP) is 3.08. The number of benzene rings is 1. The van der Waals surface area contributed by atoms with Gasteiger partial charge in [0, 0.05) is 10.6 Å². The molecule has 0 bridgehead atoms. The van der Waals surface area contributed by atoms with Crippen LogP contribution in [0.15, 0.2) is 23.2 Å².